The molecular formula is C17H22INO2. The van der Waals surface area contributed by atoms with Gasteiger partial charge >= 0.3 is 5.97 Å². The minimum absolute atomic E-state index is 0.0357. The number of hydrogen-bond donors (Lipinski definition) is 1. The van der Waals surface area contributed by atoms with Gasteiger partial charge in [0.15, 0.2) is 0 Å². The van der Waals surface area contributed by atoms with E-state index in [0.717, 1.165) is 12.8 Å². The molecular weight excluding hydrogens is 377 g/mol. The fourth-order valence-electron chi connectivity index (χ4n) is 3.75. The first kappa shape index (κ1) is 15.3. The molecule has 3 nitrogen and oxygen atoms in total. The van der Waals surface area contributed by atoms with Crippen molar-refractivity contribution in [2.45, 2.75) is 57.2 Å². The van der Waals surface area contributed by atoms with E-state index in [1.165, 1.54) is 15.6 Å². The molecule has 21 heavy (non-hydrogen) atoms. The topological polar surface area (TPSA) is 38.3 Å². The van der Waals surface area contributed by atoms with Crippen LogP contribution in [0.5, 0.6) is 0 Å². The van der Waals surface area contributed by atoms with Crippen molar-refractivity contribution in [1.82, 2.24) is 5.32 Å². The highest BCUT2D eigenvalue weighted by Crippen LogP contribution is 2.42. The maximum Gasteiger partial charge on any atom is 0.311 e. The molecule has 0 unspecified atom stereocenters. The van der Waals surface area contributed by atoms with Gasteiger partial charge in [0.05, 0.1) is 12.0 Å². The fourth-order valence-corrected chi connectivity index (χ4v) is 4.11. The molecule has 0 saturated carbocycles. The molecule has 0 radical (unpaired) electrons. The molecule has 0 aromatic heterocycles. The van der Waals surface area contributed by atoms with Crippen LogP contribution in [-0.2, 0) is 9.53 Å². The predicted octanol–water partition coefficient (Wildman–Crippen LogP) is 3.47. The average molecular weight is 399 g/mol. The van der Waals surface area contributed by atoms with Crippen LogP contribution in [0.25, 0.3) is 0 Å². The van der Waals surface area contributed by atoms with Crippen LogP contribution in [0, 0.1) is 9.49 Å². The third-order valence-electron chi connectivity index (χ3n) is 4.60. The second kappa shape index (κ2) is 6.24. The summed E-state index contributed by atoms with van der Waals surface area (Å²) in [6, 6.07) is 9.44. The molecule has 2 saturated heterocycles. The minimum atomic E-state index is -0.0498. The number of ether oxygens (including phenoxy) is 1. The highest BCUT2D eigenvalue weighted by Gasteiger charge is 2.46. The van der Waals surface area contributed by atoms with Crippen molar-refractivity contribution in [3.8, 4) is 0 Å². The maximum atomic E-state index is 12.6. The second-order valence-electron chi connectivity index (χ2n) is 6.45. The number of carbonyl (C=O) groups is 1. The highest BCUT2D eigenvalue weighted by atomic mass is 127. The molecule has 1 aromatic carbocycles. The summed E-state index contributed by atoms with van der Waals surface area (Å²) in [6.45, 7) is 3.84. The molecule has 2 heterocycles. The minimum Gasteiger partial charge on any atom is -0.463 e. The summed E-state index contributed by atoms with van der Waals surface area (Å²) in [7, 11) is 0. The Kier molecular flexibility index (Phi) is 4.54. The molecule has 3 rings (SSSR count). The van der Waals surface area contributed by atoms with Gasteiger partial charge in [0, 0.05) is 21.6 Å². The molecule has 114 valence electrons. The van der Waals surface area contributed by atoms with Crippen LogP contribution >= 0.6 is 22.6 Å². The number of fused-ring (bicyclic) bond motifs is 2. The predicted molar refractivity (Wildman–Crippen MR) is 91.2 cm³/mol. The molecule has 1 N–H and O–H groups in total. The molecule has 2 aliphatic rings. The van der Waals surface area contributed by atoms with Gasteiger partial charge in [0.2, 0.25) is 0 Å². The Morgan fingerprint density at radius 2 is 2.00 bits per heavy atom. The number of nitrogens with one attached hydrogen (secondary N) is 1. The van der Waals surface area contributed by atoms with Crippen molar-refractivity contribution in [2.75, 3.05) is 0 Å². The monoisotopic (exact) mass is 399 g/mol. The number of piperidine rings is 1. The normalized spacial score (nSPS) is 31.4. The summed E-state index contributed by atoms with van der Waals surface area (Å²) in [6.07, 6.45) is 3.25. The first-order chi connectivity index (χ1) is 10.0. The van der Waals surface area contributed by atoms with E-state index < -0.39 is 0 Å². The van der Waals surface area contributed by atoms with Crippen LogP contribution in [0.2, 0.25) is 0 Å². The Bertz CT molecular complexity index is 514. The van der Waals surface area contributed by atoms with Crippen LogP contribution < -0.4 is 5.32 Å². The van der Waals surface area contributed by atoms with E-state index in [1.54, 1.807) is 0 Å². The highest BCUT2D eigenvalue weighted by molar-refractivity contribution is 14.1. The summed E-state index contributed by atoms with van der Waals surface area (Å²) >= 11 is 2.32. The van der Waals surface area contributed by atoms with Crippen molar-refractivity contribution < 1.29 is 9.53 Å². The molecule has 2 bridgehead atoms. The largest absolute Gasteiger partial charge is 0.463 e. The summed E-state index contributed by atoms with van der Waals surface area (Å²) in [5, 5.41) is 3.60. The zero-order valence-corrected chi connectivity index (χ0v) is 14.7. The Morgan fingerprint density at radius 1 is 1.29 bits per heavy atom. The lowest BCUT2D eigenvalue weighted by molar-refractivity contribution is -0.155. The van der Waals surface area contributed by atoms with Gasteiger partial charge in [-0.15, -0.1) is 0 Å². The third kappa shape index (κ3) is 3.26. The molecule has 2 aliphatic heterocycles. The Morgan fingerprint density at radius 3 is 2.67 bits per heavy atom. The number of rotatable bonds is 3. The van der Waals surface area contributed by atoms with E-state index in [0.29, 0.717) is 6.04 Å². The van der Waals surface area contributed by atoms with Crippen molar-refractivity contribution in [1.29, 1.82) is 0 Å². The van der Waals surface area contributed by atoms with Crippen molar-refractivity contribution in [2.24, 2.45) is 5.92 Å². The molecule has 0 aliphatic carbocycles. The first-order valence-electron chi connectivity index (χ1n) is 7.76. The standard InChI is InChI=1S/C17H22INO2/c1-10(2)21-17(20)16-14(9-13-7-8-15(16)19-13)11-3-5-12(18)6-4-11/h3-6,10,13-16,19H,7-9H2,1-2H3/t13-,14+,15+,16-/m0/s1. The van der Waals surface area contributed by atoms with Gasteiger partial charge in [0.1, 0.15) is 0 Å². The molecule has 4 heteroatoms. The Labute approximate surface area is 140 Å². The lowest BCUT2D eigenvalue weighted by atomic mass is 9.77. The van der Waals surface area contributed by atoms with E-state index in [2.05, 4.69) is 52.2 Å². The smallest absolute Gasteiger partial charge is 0.311 e. The van der Waals surface area contributed by atoms with Crippen LogP contribution in [0.1, 0.15) is 44.6 Å². The molecule has 1 aromatic rings. The lowest BCUT2D eigenvalue weighted by Crippen LogP contribution is -2.48. The van der Waals surface area contributed by atoms with Gasteiger partial charge < -0.3 is 10.1 Å². The maximum absolute atomic E-state index is 12.6. The number of esters is 1. The molecule has 4 atom stereocenters. The summed E-state index contributed by atoms with van der Waals surface area (Å²) < 4.78 is 6.77. The van der Waals surface area contributed by atoms with Crippen molar-refractivity contribution in [3.05, 3.63) is 33.4 Å². The third-order valence-corrected chi connectivity index (χ3v) is 5.32. The fraction of sp³-hybridized carbons (Fsp3) is 0.588. The van der Waals surface area contributed by atoms with Gasteiger partial charge in [-0.1, -0.05) is 12.1 Å². The van der Waals surface area contributed by atoms with E-state index >= 15 is 0 Å². The van der Waals surface area contributed by atoms with Crippen LogP contribution in [0.15, 0.2) is 24.3 Å². The molecule has 2 fully saturated rings. The van der Waals surface area contributed by atoms with Gasteiger partial charge in [-0.25, -0.2) is 0 Å². The van der Waals surface area contributed by atoms with E-state index in [-0.39, 0.29) is 30.0 Å². The number of halogens is 1. The van der Waals surface area contributed by atoms with Crippen molar-refractivity contribution >= 4 is 28.6 Å². The van der Waals surface area contributed by atoms with Gasteiger partial charge in [-0.3, -0.25) is 4.79 Å². The second-order valence-corrected chi connectivity index (χ2v) is 7.70. The number of carbonyl (C=O) groups excluding carboxylic acids is 1. The Hall–Kier alpha value is -0.620. The SMILES string of the molecule is CC(C)OC(=O)[C@H]1[C@@H](c2ccc(I)cc2)C[C@@H]2CC[C@H]1N2. The number of benzene rings is 1. The quantitative estimate of drug-likeness (QED) is 0.625. The number of hydrogen-bond acceptors (Lipinski definition) is 3. The van der Waals surface area contributed by atoms with Crippen LogP contribution in [0.3, 0.4) is 0 Å². The Balaban J connectivity index is 1.88. The van der Waals surface area contributed by atoms with Crippen LogP contribution in [-0.4, -0.2) is 24.2 Å². The lowest BCUT2D eigenvalue weighted by Gasteiger charge is -2.36. The van der Waals surface area contributed by atoms with E-state index in [4.69, 9.17) is 4.74 Å². The summed E-state index contributed by atoms with van der Waals surface area (Å²) in [4.78, 5) is 12.6. The van der Waals surface area contributed by atoms with Gasteiger partial charge in [-0.2, -0.15) is 0 Å². The molecule has 0 spiro atoms. The van der Waals surface area contributed by atoms with Crippen LogP contribution in [0.4, 0.5) is 0 Å². The first-order valence-corrected chi connectivity index (χ1v) is 8.84. The molecule has 0 amide bonds. The van der Waals surface area contributed by atoms with Gasteiger partial charge in [-0.05, 0) is 73.4 Å². The van der Waals surface area contributed by atoms with Gasteiger partial charge in [0.25, 0.3) is 0 Å². The zero-order valence-electron chi connectivity index (χ0n) is 12.5. The van der Waals surface area contributed by atoms with E-state index in [9.17, 15) is 4.79 Å². The zero-order chi connectivity index (χ0) is 15.0. The van der Waals surface area contributed by atoms with Crippen molar-refractivity contribution in [3.63, 3.8) is 0 Å². The summed E-state index contributed by atoms with van der Waals surface area (Å²) in [5.41, 5.74) is 1.28. The summed E-state index contributed by atoms with van der Waals surface area (Å²) in [5.74, 6) is 0.199. The average Bonchev–Trinajstić information content (AvgIpc) is 2.80. The van der Waals surface area contributed by atoms with E-state index in [1.807, 2.05) is 13.8 Å².